The van der Waals surface area contributed by atoms with Crippen LogP contribution in [0.3, 0.4) is 0 Å². The highest BCUT2D eigenvalue weighted by Crippen LogP contribution is 2.37. The first-order chi connectivity index (χ1) is 10.6. The number of hydrogen-bond donors (Lipinski definition) is 1. The SMILES string of the molecule is CN1CCN(C)C(CNC(=O)C2(N3CCCC3)CCCC2)C1. The van der Waals surface area contributed by atoms with Gasteiger partial charge in [0.05, 0.1) is 0 Å². The van der Waals surface area contributed by atoms with Gasteiger partial charge in [-0.3, -0.25) is 14.6 Å². The van der Waals surface area contributed by atoms with Gasteiger partial charge < -0.3 is 10.2 Å². The molecule has 0 radical (unpaired) electrons. The third-order valence-corrected chi connectivity index (χ3v) is 6.04. The number of nitrogens with one attached hydrogen (secondary N) is 1. The molecule has 126 valence electrons. The first-order valence-corrected chi connectivity index (χ1v) is 9.04. The van der Waals surface area contributed by atoms with Gasteiger partial charge in [-0.25, -0.2) is 0 Å². The lowest BCUT2D eigenvalue weighted by molar-refractivity contribution is -0.133. The average molecular weight is 308 g/mol. The highest BCUT2D eigenvalue weighted by atomic mass is 16.2. The van der Waals surface area contributed by atoms with E-state index in [1.807, 2.05) is 0 Å². The summed E-state index contributed by atoms with van der Waals surface area (Å²) >= 11 is 0. The van der Waals surface area contributed by atoms with Crippen molar-refractivity contribution in [2.75, 3.05) is 53.4 Å². The zero-order valence-electron chi connectivity index (χ0n) is 14.3. The highest BCUT2D eigenvalue weighted by molar-refractivity contribution is 5.86. The second kappa shape index (κ2) is 6.85. The smallest absolute Gasteiger partial charge is 0.240 e. The number of rotatable bonds is 4. The predicted octanol–water partition coefficient (Wildman–Crippen LogP) is 0.757. The first-order valence-electron chi connectivity index (χ1n) is 9.04. The summed E-state index contributed by atoms with van der Waals surface area (Å²) < 4.78 is 0. The molecule has 0 aromatic carbocycles. The molecule has 0 aromatic rings. The van der Waals surface area contributed by atoms with Crippen molar-refractivity contribution in [3.05, 3.63) is 0 Å². The monoisotopic (exact) mass is 308 g/mol. The molecule has 3 fully saturated rings. The van der Waals surface area contributed by atoms with Crippen molar-refractivity contribution >= 4 is 5.91 Å². The van der Waals surface area contributed by atoms with Gasteiger partial charge in [0.1, 0.15) is 5.54 Å². The lowest BCUT2D eigenvalue weighted by atomic mass is 9.94. The molecule has 0 aromatic heterocycles. The van der Waals surface area contributed by atoms with Crippen molar-refractivity contribution in [2.45, 2.75) is 50.1 Å². The largest absolute Gasteiger partial charge is 0.353 e. The maximum atomic E-state index is 13.0. The van der Waals surface area contributed by atoms with Crippen LogP contribution in [0.5, 0.6) is 0 Å². The lowest BCUT2D eigenvalue weighted by Gasteiger charge is -2.40. The number of likely N-dealkylation sites (N-methyl/N-ethyl adjacent to an activating group) is 2. The van der Waals surface area contributed by atoms with E-state index in [1.54, 1.807) is 0 Å². The standard InChI is InChI=1S/C17H32N4O/c1-19-11-12-20(2)15(14-19)13-18-16(22)17(7-3-4-8-17)21-9-5-6-10-21/h15H,3-14H2,1-2H3,(H,18,22). The molecule has 1 N–H and O–H groups in total. The Hall–Kier alpha value is -0.650. The zero-order chi connectivity index (χ0) is 15.6. The fourth-order valence-electron chi connectivity index (χ4n) is 4.49. The van der Waals surface area contributed by atoms with Crippen molar-refractivity contribution in [3.63, 3.8) is 0 Å². The maximum Gasteiger partial charge on any atom is 0.240 e. The van der Waals surface area contributed by atoms with Crippen LogP contribution in [0.4, 0.5) is 0 Å². The Bertz CT molecular complexity index is 388. The van der Waals surface area contributed by atoms with Gasteiger partial charge in [0.2, 0.25) is 5.91 Å². The van der Waals surface area contributed by atoms with E-state index >= 15 is 0 Å². The first kappa shape index (κ1) is 16.2. The van der Waals surface area contributed by atoms with Crippen molar-refractivity contribution in [1.82, 2.24) is 20.0 Å². The molecular formula is C17H32N4O. The van der Waals surface area contributed by atoms with Crippen molar-refractivity contribution < 1.29 is 4.79 Å². The molecule has 1 saturated carbocycles. The maximum absolute atomic E-state index is 13.0. The van der Waals surface area contributed by atoms with Crippen LogP contribution in [-0.2, 0) is 4.79 Å². The van der Waals surface area contributed by atoms with E-state index in [9.17, 15) is 4.79 Å². The fourth-order valence-corrected chi connectivity index (χ4v) is 4.49. The quantitative estimate of drug-likeness (QED) is 0.832. The number of nitrogens with zero attached hydrogens (tertiary/aromatic N) is 3. The number of carbonyl (C=O) groups excluding carboxylic acids is 1. The highest BCUT2D eigenvalue weighted by Gasteiger charge is 2.46. The Morgan fingerprint density at radius 1 is 1.05 bits per heavy atom. The summed E-state index contributed by atoms with van der Waals surface area (Å²) in [5.41, 5.74) is -0.185. The van der Waals surface area contributed by atoms with Crippen molar-refractivity contribution in [3.8, 4) is 0 Å². The second-order valence-corrected chi connectivity index (χ2v) is 7.54. The molecule has 1 unspecified atom stereocenters. The molecule has 2 aliphatic heterocycles. The summed E-state index contributed by atoms with van der Waals surface area (Å²) in [4.78, 5) is 20.2. The molecule has 1 atom stereocenters. The van der Waals surface area contributed by atoms with E-state index < -0.39 is 0 Å². The third kappa shape index (κ3) is 3.17. The molecule has 1 amide bonds. The van der Waals surface area contributed by atoms with Crippen LogP contribution in [0.25, 0.3) is 0 Å². The van der Waals surface area contributed by atoms with Gasteiger partial charge in [0, 0.05) is 32.2 Å². The average Bonchev–Trinajstić information content (AvgIpc) is 3.19. The summed E-state index contributed by atoms with van der Waals surface area (Å²) in [5, 5.41) is 3.31. The minimum Gasteiger partial charge on any atom is -0.353 e. The van der Waals surface area contributed by atoms with E-state index in [2.05, 4.69) is 34.1 Å². The molecule has 2 heterocycles. The van der Waals surface area contributed by atoms with Gasteiger partial charge in [0.15, 0.2) is 0 Å². The molecular weight excluding hydrogens is 276 g/mol. The van der Waals surface area contributed by atoms with Crippen LogP contribution in [0, 0.1) is 0 Å². The molecule has 5 nitrogen and oxygen atoms in total. The molecule has 0 bridgehead atoms. The van der Waals surface area contributed by atoms with Crippen molar-refractivity contribution in [2.24, 2.45) is 0 Å². The van der Waals surface area contributed by atoms with Crippen LogP contribution < -0.4 is 5.32 Å². The molecule has 1 aliphatic carbocycles. The topological polar surface area (TPSA) is 38.8 Å². The van der Waals surface area contributed by atoms with E-state index in [4.69, 9.17) is 0 Å². The van der Waals surface area contributed by atoms with E-state index in [-0.39, 0.29) is 5.54 Å². The van der Waals surface area contributed by atoms with E-state index in [0.717, 1.165) is 52.1 Å². The molecule has 3 rings (SSSR count). The summed E-state index contributed by atoms with van der Waals surface area (Å²) in [5.74, 6) is 0.300. The summed E-state index contributed by atoms with van der Waals surface area (Å²) in [6.45, 7) is 6.27. The number of hydrogen-bond acceptors (Lipinski definition) is 4. The zero-order valence-corrected chi connectivity index (χ0v) is 14.3. The predicted molar refractivity (Wildman–Crippen MR) is 88.9 cm³/mol. The van der Waals surface area contributed by atoms with Crippen LogP contribution in [-0.4, -0.2) is 85.6 Å². The minimum atomic E-state index is -0.185. The Kier molecular flexibility index (Phi) is 5.05. The van der Waals surface area contributed by atoms with Gasteiger partial charge in [0.25, 0.3) is 0 Å². The molecule has 2 saturated heterocycles. The van der Waals surface area contributed by atoms with Gasteiger partial charge in [-0.05, 0) is 52.9 Å². The lowest BCUT2D eigenvalue weighted by Crippen LogP contribution is -2.60. The second-order valence-electron chi connectivity index (χ2n) is 7.54. The van der Waals surface area contributed by atoms with Gasteiger partial charge >= 0.3 is 0 Å². The Morgan fingerprint density at radius 3 is 2.41 bits per heavy atom. The number of carbonyl (C=O) groups is 1. The van der Waals surface area contributed by atoms with Crippen LogP contribution in [0.2, 0.25) is 0 Å². The molecule has 0 spiro atoms. The van der Waals surface area contributed by atoms with E-state index in [0.29, 0.717) is 11.9 Å². The fraction of sp³-hybridized carbons (Fsp3) is 0.941. The molecule has 5 heteroatoms. The molecule has 3 aliphatic rings. The Balaban J connectivity index is 1.59. The van der Waals surface area contributed by atoms with Crippen LogP contribution >= 0.6 is 0 Å². The Morgan fingerprint density at radius 2 is 1.73 bits per heavy atom. The summed E-state index contributed by atoms with van der Waals surface area (Å²) in [6, 6.07) is 0.444. The summed E-state index contributed by atoms with van der Waals surface area (Å²) in [7, 11) is 4.35. The normalized spacial score (nSPS) is 30.7. The Labute approximate surface area is 135 Å². The summed E-state index contributed by atoms with van der Waals surface area (Å²) in [6.07, 6.45) is 7.03. The minimum absolute atomic E-state index is 0.185. The van der Waals surface area contributed by atoms with Crippen molar-refractivity contribution in [1.29, 1.82) is 0 Å². The number of piperazine rings is 1. The third-order valence-electron chi connectivity index (χ3n) is 6.04. The van der Waals surface area contributed by atoms with E-state index in [1.165, 1.54) is 25.7 Å². The van der Waals surface area contributed by atoms with Gasteiger partial charge in [-0.1, -0.05) is 12.8 Å². The van der Waals surface area contributed by atoms with Gasteiger partial charge in [-0.15, -0.1) is 0 Å². The van der Waals surface area contributed by atoms with Gasteiger partial charge in [-0.2, -0.15) is 0 Å². The number of amides is 1. The molecule has 22 heavy (non-hydrogen) atoms. The number of likely N-dealkylation sites (tertiary alicyclic amines) is 1. The van der Waals surface area contributed by atoms with Crippen LogP contribution in [0.1, 0.15) is 38.5 Å². The van der Waals surface area contributed by atoms with Crippen LogP contribution in [0.15, 0.2) is 0 Å².